The molecule has 0 fully saturated rings. The van der Waals surface area contributed by atoms with Crippen molar-refractivity contribution in [2.24, 2.45) is 0 Å². The van der Waals surface area contributed by atoms with Crippen molar-refractivity contribution in [3.05, 3.63) is 17.5 Å². The molecule has 0 saturated carbocycles. The fourth-order valence-corrected chi connectivity index (χ4v) is 1.68. The minimum absolute atomic E-state index is 0.975. The third kappa shape index (κ3) is 3.67. The SMILES string of the molecule is CCCNCCc1cc(CC)nn1CC. The molecular weight excluding hydrogens is 186 g/mol. The van der Waals surface area contributed by atoms with E-state index in [0.29, 0.717) is 0 Å². The molecule has 0 saturated heterocycles. The zero-order valence-corrected chi connectivity index (χ0v) is 10.2. The molecular formula is C12H23N3. The van der Waals surface area contributed by atoms with Crippen molar-refractivity contribution in [1.82, 2.24) is 15.1 Å². The first-order valence-electron chi connectivity index (χ1n) is 6.08. The summed E-state index contributed by atoms with van der Waals surface area (Å²) >= 11 is 0. The quantitative estimate of drug-likeness (QED) is 0.696. The van der Waals surface area contributed by atoms with Gasteiger partial charge >= 0.3 is 0 Å². The van der Waals surface area contributed by atoms with E-state index in [2.05, 4.69) is 41.9 Å². The highest BCUT2D eigenvalue weighted by atomic mass is 15.3. The minimum Gasteiger partial charge on any atom is -0.316 e. The number of aromatic nitrogens is 2. The van der Waals surface area contributed by atoms with Crippen molar-refractivity contribution < 1.29 is 0 Å². The maximum absolute atomic E-state index is 4.53. The van der Waals surface area contributed by atoms with Gasteiger partial charge < -0.3 is 5.32 Å². The van der Waals surface area contributed by atoms with E-state index in [-0.39, 0.29) is 0 Å². The number of nitrogens with zero attached hydrogens (tertiary/aromatic N) is 2. The van der Waals surface area contributed by atoms with Gasteiger partial charge in [0.15, 0.2) is 0 Å². The lowest BCUT2D eigenvalue weighted by atomic mass is 10.2. The highest BCUT2D eigenvalue weighted by Crippen LogP contribution is 2.05. The summed E-state index contributed by atoms with van der Waals surface area (Å²) in [5.74, 6) is 0. The molecule has 0 aliphatic rings. The van der Waals surface area contributed by atoms with Gasteiger partial charge in [0.1, 0.15) is 0 Å². The molecule has 3 heteroatoms. The number of aryl methyl sites for hydroxylation is 2. The second kappa shape index (κ2) is 6.62. The van der Waals surface area contributed by atoms with Crippen molar-refractivity contribution in [3.8, 4) is 0 Å². The fourth-order valence-electron chi connectivity index (χ4n) is 1.68. The van der Waals surface area contributed by atoms with E-state index in [1.807, 2.05) is 0 Å². The topological polar surface area (TPSA) is 29.9 Å². The summed E-state index contributed by atoms with van der Waals surface area (Å²) in [6.45, 7) is 9.64. The number of nitrogens with one attached hydrogen (secondary N) is 1. The summed E-state index contributed by atoms with van der Waals surface area (Å²) in [5, 5.41) is 7.96. The van der Waals surface area contributed by atoms with Gasteiger partial charge in [-0.1, -0.05) is 13.8 Å². The Labute approximate surface area is 92.9 Å². The second-order valence-electron chi connectivity index (χ2n) is 3.80. The highest BCUT2D eigenvalue weighted by Gasteiger charge is 2.04. The van der Waals surface area contributed by atoms with Crippen molar-refractivity contribution >= 4 is 0 Å². The maximum atomic E-state index is 4.53. The fraction of sp³-hybridized carbons (Fsp3) is 0.750. The first kappa shape index (κ1) is 12.2. The van der Waals surface area contributed by atoms with Crippen molar-refractivity contribution in [2.45, 2.75) is 46.6 Å². The molecule has 1 heterocycles. The predicted octanol–water partition coefficient (Wildman–Crippen LogP) is 2.01. The van der Waals surface area contributed by atoms with E-state index in [0.717, 1.165) is 32.5 Å². The second-order valence-corrected chi connectivity index (χ2v) is 3.80. The lowest BCUT2D eigenvalue weighted by Crippen LogP contribution is -2.19. The molecule has 0 atom stereocenters. The molecule has 0 unspecified atom stereocenters. The van der Waals surface area contributed by atoms with Crippen LogP contribution in [0.3, 0.4) is 0 Å². The molecule has 0 aliphatic heterocycles. The minimum atomic E-state index is 0.975. The Hall–Kier alpha value is -0.830. The zero-order valence-electron chi connectivity index (χ0n) is 10.2. The van der Waals surface area contributed by atoms with E-state index < -0.39 is 0 Å². The molecule has 86 valence electrons. The molecule has 0 amide bonds. The van der Waals surface area contributed by atoms with Crippen molar-refractivity contribution in [3.63, 3.8) is 0 Å². The highest BCUT2D eigenvalue weighted by molar-refractivity contribution is 5.10. The third-order valence-corrected chi connectivity index (χ3v) is 2.56. The Morgan fingerprint density at radius 2 is 2.07 bits per heavy atom. The van der Waals surface area contributed by atoms with E-state index >= 15 is 0 Å². The lowest BCUT2D eigenvalue weighted by molar-refractivity contribution is 0.591. The van der Waals surface area contributed by atoms with Gasteiger partial charge in [-0.3, -0.25) is 4.68 Å². The van der Waals surface area contributed by atoms with E-state index in [1.165, 1.54) is 17.8 Å². The molecule has 0 aliphatic carbocycles. The molecule has 1 aromatic heterocycles. The maximum Gasteiger partial charge on any atom is 0.0624 e. The summed E-state index contributed by atoms with van der Waals surface area (Å²) < 4.78 is 2.12. The molecule has 0 radical (unpaired) electrons. The van der Waals surface area contributed by atoms with E-state index in [4.69, 9.17) is 0 Å². The predicted molar refractivity (Wildman–Crippen MR) is 64.1 cm³/mol. The Morgan fingerprint density at radius 3 is 2.67 bits per heavy atom. The summed E-state index contributed by atoms with van der Waals surface area (Å²) in [5.41, 5.74) is 2.57. The number of hydrogen-bond donors (Lipinski definition) is 1. The Morgan fingerprint density at radius 1 is 1.27 bits per heavy atom. The molecule has 0 aromatic carbocycles. The van der Waals surface area contributed by atoms with Crippen LogP contribution < -0.4 is 5.32 Å². The normalized spacial score (nSPS) is 10.9. The van der Waals surface area contributed by atoms with Crippen LogP contribution in [0.5, 0.6) is 0 Å². The van der Waals surface area contributed by atoms with Crippen LogP contribution in [0.4, 0.5) is 0 Å². The summed E-state index contributed by atoms with van der Waals surface area (Å²) in [6, 6.07) is 2.23. The average Bonchev–Trinajstić information content (AvgIpc) is 2.67. The monoisotopic (exact) mass is 209 g/mol. The van der Waals surface area contributed by atoms with Crippen LogP contribution in [0.25, 0.3) is 0 Å². The molecule has 15 heavy (non-hydrogen) atoms. The van der Waals surface area contributed by atoms with Gasteiger partial charge in [-0.15, -0.1) is 0 Å². The number of hydrogen-bond acceptors (Lipinski definition) is 2. The average molecular weight is 209 g/mol. The molecule has 1 N–H and O–H groups in total. The summed E-state index contributed by atoms with van der Waals surface area (Å²) in [7, 11) is 0. The van der Waals surface area contributed by atoms with E-state index in [1.54, 1.807) is 0 Å². The Balaban J connectivity index is 2.47. The summed E-state index contributed by atoms with van der Waals surface area (Å²) in [6.07, 6.45) is 3.32. The van der Waals surface area contributed by atoms with Crippen molar-refractivity contribution in [1.29, 1.82) is 0 Å². The van der Waals surface area contributed by atoms with Gasteiger partial charge in [0.05, 0.1) is 5.69 Å². The number of rotatable bonds is 7. The van der Waals surface area contributed by atoms with Gasteiger partial charge in [0, 0.05) is 25.2 Å². The standard InChI is InChI=1S/C12H23N3/c1-4-8-13-9-7-12-10-11(5-2)14-15(12)6-3/h10,13H,4-9H2,1-3H3. The van der Waals surface area contributed by atoms with Gasteiger partial charge in [0.2, 0.25) is 0 Å². The molecule has 1 aromatic rings. The van der Waals surface area contributed by atoms with Crippen LogP contribution in [-0.2, 0) is 19.4 Å². The Kier molecular flexibility index (Phi) is 5.40. The van der Waals surface area contributed by atoms with Crippen molar-refractivity contribution in [2.75, 3.05) is 13.1 Å². The zero-order chi connectivity index (χ0) is 11.1. The lowest BCUT2D eigenvalue weighted by Gasteiger charge is -2.05. The largest absolute Gasteiger partial charge is 0.316 e. The van der Waals surface area contributed by atoms with Crippen LogP contribution in [-0.4, -0.2) is 22.9 Å². The summed E-state index contributed by atoms with van der Waals surface area (Å²) in [4.78, 5) is 0. The molecule has 0 bridgehead atoms. The first-order valence-corrected chi connectivity index (χ1v) is 6.08. The van der Waals surface area contributed by atoms with Gasteiger partial charge in [-0.25, -0.2) is 0 Å². The van der Waals surface area contributed by atoms with Crippen LogP contribution in [0.1, 0.15) is 38.6 Å². The third-order valence-electron chi connectivity index (χ3n) is 2.56. The van der Waals surface area contributed by atoms with Gasteiger partial charge in [-0.05, 0) is 32.4 Å². The smallest absolute Gasteiger partial charge is 0.0624 e. The molecule has 3 nitrogen and oxygen atoms in total. The Bertz CT molecular complexity index is 278. The molecule has 1 rings (SSSR count). The van der Waals surface area contributed by atoms with Crippen LogP contribution >= 0.6 is 0 Å². The van der Waals surface area contributed by atoms with Crippen LogP contribution in [0.15, 0.2) is 6.07 Å². The first-order chi connectivity index (χ1) is 7.31. The van der Waals surface area contributed by atoms with Gasteiger partial charge in [0.25, 0.3) is 0 Å². The van der Waals surface area contributed by atoms with E-state index in [9.17, 15) is 0 Å². The van der Waals surface area contributed by atoms with Crippen LogP contribution in [0, 0.1) is 0 Å². The molecule has 0 spiro atoms. The van der Waals surface area contributed by atoms with Crippen LogP contribution in [0.2, 0.25) is 0 Å². The van der Waals surface area contributed by atoms with Gasteiger partial charge in [-0.2, -0.15) is 5.10 Å².